The Balaban J connectivity index is 1.79. The number of rotatable bonds is 4. The second-order valence-electron chi connectivity index (χ2n) is 3.97. The van der Waals surface area contributed by atoms with Gasteiger partial charge < -0.3 is 4.74 Å². The molecule has 0 unspecified atom stereocenters. The van der Waals surface area contributed by atoms with Crippen LogP contribution in [0.2, 0.25) is 0 Å². The number of carbonyl (C=O) groups is 2. The average Bonchev–Trinajstić information content (AvgIpc) is 2.90. The SMILES string of the molecule is O=C(COc1ccc(F)cc1F)NNC(=O)c1ccc(Br)s1. The van der Waals surface area contributed by atoms with Crippen LogP contribution in [0.15, 0.2) is 34.1 Å². The number of ether oxygens (including phenoxy) is 1. The van der Waals surface area contributed by atoms with Crippen LogP contribution in [0.1, 0.15) is 9.67 Å². The van der Waals surface area contributed by atoms with Crippen molar-refractivity contribution in [3.63, 3.8) is 0 Å². The van der Waals surface area contributed by atoms with E-state index in [0.29, 0.717) is 10.9 Å². The summed E-state index contributed by atoms with van der Waals surface area (Å²) in [7, 11) is 0. The number of benzene rings is 1. The maximum Gasteiger partial charge on any atom is 0.279 e. The first-order chi connectivity index (χ1) is 10.5. The van der Waals surface area contributed by atoms with E-state index in [1.807, 2.05) is 0 Å². The molecular weight excluding hydrogens is 382 g/mol. The normalized spacial score (nSPS) is 10.1. The molecule has 0 saturated carbocycles. The van der Waals surface area contributed by atoms with Crippen molar-refractivity contribution in [1.82, 2.24) is 10.9 Å². The molecule has 0 aliphatic carbocycles. The molecule has 2 aromatic rings. The molecule has 0 radical (unpaired) electrons. The van der Waals surface area contributed by atoms with Crippen LogP contribution in [-0.4, -0.2) is 18.4 Å². The minimum Gasteiger partial charge on any atom is -0.481 e. The van der Waals surface area contributed by atoms with Gasteiger partial charge in [0.1, 0.15) is 5.82 Å². The van der Waals surface area contributed by atoms with E-state index in [9.17, 15) is 18.4 Å². The summed E-state index contributed by atoms with van der Waals surface area (Å²) in [6.45, 7) is -0.531. The van der Waals surface area contributed by atoms with Gasteiger partial charge in [0.2, 0.25) is 0 Å². The highest BCUT2D eigenvalue weighted by atomic mass is 79.9. The standard InChI is InChI=1S/C13H9BrF2N2O3S/c14-11-4-3-10(22-11)13(20)18-17-12(19)6-21-9-2-1-7(15)5-8(9)16/h1-5H,6H2,(H,17,19)(H,18,20). The van der Waals surface area contributed by atoms with Crippen molar-refractivity contribution in [2.75, 3.05) is 6.61 Å². The van der Waals surface area contributed by atoms with Crippen LogP contribution >= 0.6 is 27.3 Å². The number of carbonyl (C=O) groups excluding carboxylic acids is 2. The molecule has 0 spiro atoms. The van der Waals surface area contributed by atoms with E-state index >= 15 is 0 Å². The van der Waals surface area contributed by atoms with Gasteiger partial charge in [0, 0.05) is 6.07 Å². The molecule has 0 aliphatic rings. The van der Waals surface area contributed by atoms with Crippen molar-refractivity contribution >= 4 is 39.1 Å². The highest BCUT2D eigenvalue weighted by Gasteiger charge is 2.11. The highest BCUT2D eigenvalue weighted by Crippen LogP contribution is 2.21. The zero-order chi connectivity index (χ0) is 16.1. The van der Waals surface area contributed by atoms with E-state index < -0.39 is 30.1 Å². The Kier molecular flexibility index (Phi) is 5.45. The van der Waals surface area contributed by atoms with Crippen LogP contribution in [0.3, 0.4) is 0 Å². The van der Waals surface area contributed by atoms with Crippen LogP contribution in [-0.2, 0) is 4.79 Å². The van der Waals surface area contributed by atoms with Crippen LogP contribution in [0.5, 0.6) is 5.75 Å². The summed E-state index contributed by atoms with van der Waals surface area (Å²) in [6, 6.07) is 6.00. The number of nitrogens with one attached hydrogen (secondary N) is 2. The van der Waals surface area contributed by atoms with Gasteiger partial charge in [-0.2, -0.15) is 0 Å². The van der Waals surface area contributed by atoms with E-state index in [0.717, 1.165) is 15.9 Å². The molecule has 9 heteroatoms. The van der Waals surface area contributed by atoms with Gasteiger partial charge in [0.25, 0.3) is 11.8 Å². The lowest BCUT2D eigenvalue weighted by Crippen LogP contribution is -2.43. The summed E-state index contributed by atoms with van der Waals surface area (Å²) in [5, 5.41) is 0. The Morgan fingerprint density at radius 3 is 2.59 bits per heavy atom. The van der Waals surface area contributed by atoms with Crippen LogP contribution in [0.4, 0.5) is 8.78 Å². The molecule has 0 saturated heterocycles. The first-order valence-electron chi connectivity index (χ1n) is 5.88. The molecule has 5 nitrogen and oxygen atoms in total. The maximum absolute atomic E-state index is 13.3. The molecule has 116 valence electrons. The number of halogens is 3. The summed E-state index contributed by atoms with van der Waals surface area (Å²) >= 11 is 4.41. The van der Waals surface area contributed by atoms with Gasteiger partial charge in [-0.25, -0.2) is 8.78 Å². The first-order valence-corrected chi connectivity index (χ1v) is 7.49. The fourth-order valence-corrected chi connectivity index (χ4v) is 2.68. The Bertz CT molecular complexity index is 708. The minimum absolute atomic E-state index is 0.259. The molecule has 22 heavy (non-hydrogen) atoms. The smallest absolute Gasteiger partial charge is 0.279 e. The number of thiophene rings is 1. The molecule has 0 aliphatic heterocycles. The molecule has 1 aromatic carbocycles. The zero-order valence-electron chi connectivity index (χ0n) is 10.9. The fraction of sp³-hybridized carbons (Fsp3) is 0.0769. The lowest BCUT2D eigenvalue weighted by Gasteiger charge is -2.08. The summed E-state index contributed by atoms with van der Waals surface area (Å²) < 4.78 is 31.6. The topological polar surface area (TPSA) is 67.4 Å². The lowest BCUT2D eigenvalue weighted by atomic mass is 10.3. The quantitative estimate of drug-likeness (QED) is 0.788. The summed E-state index contributed by atoms with van der Waals surface area (Å²) in [5.74, 6) is -3.10. The summed E-state index contributed by atoms with van der Waals surface area (Å²) in [5.41, 5.74) is 4.31. The van der Waals surface area contributed by atoms with Gasteiger partial charge in [-0.3, -0.25) is 20.4 Å². The average molecular weight is 391 g/mol. The maximum atomic E-state index is 13.3. The van der Waals surface area contributed by atoms with Gasteiger partial charge in [0.05, 0.1) is 8.66 Å². The molecule has 0 fully saturated rings. The number of hydrogen-bond acceptors (Lipinski definition) is 4. The van der Waals surface area contributed by atoms with E-state index in [-0.39, 0.29) is 5.75 Å². The van der Waals surface area contributed by atoms with Crippen LogP contribution in [0, 0.1) is 11.6 Å². The summed E-state index contributed by atoms with van der Waals surface area (Å²) in [4.78, 5) is 23.5. The predicted molar refractivity (Wildman–Crippen MR) is 79.5 cm³/mol. The van der Waals surface area contributed by atoms with Crippen molar-refractivity contribution in [1.29, 1.82) is 0 Å². The van der Waals surface area contributed by atoms with Crippen molar-refractivity contribution in [3.8, 4) is 5.75 Å². The van der Waals surface area contributed by atoms with E-state index in [1.165, 1.54) is 11.3 Å². The van der Waals surface area contributed by atoms with Crippen LogP contribution in [0.25, 0.3) is 0 Å². The second kappa shape index (κ2) is 7.32. The molecule has 2 N–H and O–H groups in total. The molecule has 1 aromatic heterocycles. The van der Waals surface area contributed by atoms with E-state index in [1.54, 1.807) is 12.1 Å². The van der Waals surface area contributed by atoms with E-state index in [4.69, 9.17) is 4.74 Å². The van der Waals surface area contributed by atoms with E-state index in [2.05, 4.69) is 26.8 Å². The largest absolute Gasteiger partial charge is 0.481 e. The molecule has 2 amide bonds. The van der Waals surface area contributed by atoms with Crippen LogP contribution < -0.4 is 15.6 Å². The monoisotopic (exact) mass is 390 g/mol. The Morgan fingerprint density at radius 2 is 1.95 bits per heavy atom. The molecule has 0 atom stereocenters. The zero-order valence-corrected chi connectivity index (χ0v) is 13.3. The third-order valence-corrected chi connectivity index (χ3v) is 3.99. The van der Waals surface area contributed by atoms with Crippen molar-refractivity contribution in [3.05, 3.63) is 50.6 Å². The molecule has 2 rings (SSSR count). The third-order valence-electron chi connectivity index (χ3n) is 2.37. The van der Waals surface area contributed by atoms with Gasteiger partial charge in [-0.05, 0) is 40.2 Å². The van der Waals surface area contributed by atoms with Crippen molar-refractivity contribution < 1.29 is 23.1 Å². The lowest BCUT2D eigenvalue weighted by molar-refractivity contribution is -0.123. The van der Waals surface area contributed by atoms with Gasteiger partial charge >= 0.3 is 0 Å². The third kappa shape index (κ3) is 4.50. The number of amides is 2. The highest BCUT2D eigenvalue weighted by molar-refractivity contribution is 9.11. The molecule has 1 heterocycles. The van der Waals surface area contributed by atoms with Crippen molar-refractivity contribution in [2.45, 2.75) is 0 Å². The molecular formula is C13H9BrF2N2O3S. The minimum atomic E-state index is -0.916. The Labute approximate surface area is 136 Å². The number of hydrazine groups is 1. The predicted octanol–water partition coefficient (Wildman–Crippen LogP) is 2.63. The first kappa shape index (κ1) is 16.4. The van der Waals surface area contributed by atoms with Crippen molar-refractivity contribution in [2.24, 2.45) is 0 Å². The Morgan fingerprint density at radius 1 is 1.18 bits per heavy atom. The van der Waals surface area contributed by atoms with Gasteiger partial charge in [-0.15, -0.1) is 11.3 Å². The van der Waals surface area contributed by atoms with Gasteiger partial charge in [-0.1, -0.05) is 0 Å². The van der Waals surface area contributed by atoms with Gasteiger partial charge in [0.15, 0.2) is 18.2 Å². The summed E-state index contributed by atoms with van der Waals surface area (Å²) in [6.07, 6.45) is 0. The number of hydrogen-bond donors (Lipinski definition) is 2. The molecule has 0 bridgehead atoms. The fourth-order valence-electron chi connectivity index (χ4n) is 1.40. The Hall–Kier alpha value is -2.00. The second-order valence-corrected chi connectivity index (χ2v) is 6.43.